The first kappa shape index (κ1) is 13.0. The van der Waals surface area contributed by atoms with Gasteiger partial charge in [0.05, 0.1) is 10.8 Å². The van der Waals surface area contributed by atoms with Crippen molar-refractivity contribution in [2.75, 3.05) is 19.6 Å². The second-order valence-corrected chi connectivity index (χ2v) is 5.36. The molecule has 0 bridgehead atoms. The fraction of sp³-hybridized carbons (Fsp3) is 0.818. The van der Waals surface area contributed by atoms with E-state index in [0.29, 0.717) is 6.54 Å². The van der Waals surface area contributed by atoms with Gasteiger partial charge in [0.25, 0.3) is 0 Å². The molecule has 1 fully saturated rings. The van der Waals surface area contributed by atoms with Crippen molar-refractivity contribution in [2.45, 2.75) is 27.2 Å². The van der Waals surface area contributed by atoms with Crippen LogP contribution in [-0.4, -0.2) is 36.6 Å². The van der Waals surface area contributed by atoms with Gasteiger partial charge in [-0.3, -0.25) is 9.59 Å². The minimum atomic E-state index is -0.919. The summed E-state index contributed by atoms with van der Waals surface area (Å²) in [6.07, 6.45) is 0.798. The van der Waals surface area contributed by atoms with E-state index < -0.39 is 16.8 Å². The Balaban J connectivity index is 2.50. The number of hydrogen-bond acceptors (Lipinski definition) is 3. The Bertz CT molecular complexity index is 294. The van der Waals surface area contributed by atoms with Crippen molar-refractivity contribution in [2.24, 2.45) is 10.8 Å². The summed E-state index contributed by atoms with van der Waals surface area (Å²) < 4.78 is 0. The van der Waals surface area contributed by atoms with Crippen molar-refractivity contribution in [3.05, 3.63) is 0 Å². The van der Waals surface area contributed by atoms with Gasteiger partial charge in [0.1, 0.15) is 0 Å². The molecule has 1 heterocycles. The number of rotatable bonds is 4. The first-order valence-corrected chi connectivity index (χ1v) is 5.50. The molecule has 1 saturated heterocycles. The average molecular weight is 228 g/mol. The average Bonchev–Trinajstić information content (AvgIpc) is 2.62. The molecule has 0 radical (unpaired) electrons. The predicted molar refractivity (Wildman–Crippen MR) is 60.0 cm³/mol. The summed E-state index contributed by atoms with van der Waals surface area (Å²) in [6.45, 7) is 6.77. The maximum Gasteiger partial charge on any atom is 0.310 e. The van der Waals surface area contributed by atoms with Gasteiger partial charge in [0.15, 0.2) is 0 Å². The molecular formula is C11H20N2O3. The highest BCUT2D eigenvalue weighted by Gasteiger charge is 2.37. The van der Waals surface area contributed by atoms with E-state index in [9.17, 15) is 9.59 Å². The Kier molecular flexibility index (Phi) is 3.57. The van der Waals surface area contributed by atoms with E-state index in [1.807, 2.05) is 6.92 Å². The smallest absolute Gasteiger partial charge is 0.310 e. The van der Waals surface area contributed by atoms with Crippen molar-refractivity contribution in [1.29, 1.82) is 0 Å². The highest BCUT2D eigenvalue weighted by molar-refractivity contribution is 5.83. The van der Waals surface area contributed by atoms with Gasteiger partial charge in [-0.05, 0) is 33.7 Å². The summed E-state index contributed by atoms with van der Waals surface area (Å²) in [5.74, 6) is -0.964. The topological polar surface area (TPSA) is 78.4 Å². The lowest BCUT2D eigenvalue weighted by Gasteiger charge is -2.25. The molecule has 0 aromatic rings. The first-order valence-electron chi connectivity index (χ1n) is 5.50. The van der Waals surface area contributed by atoms with Gasteiger partial charge in [-0.2, -0.15) is 0 Å². The number of hydrogen-bond donors (Lipinski definition) is 3. The Labute approximate surface area is 95.6 Å². The molecule has 5 nitrogen and oxygen atoms in total. The fourth-order valence-electron chi connectivity index (χ4n) is 1.60. The van der Waals surface area contributed by atoms with Gasteiger partial charge in [0, 0.05) is 13.1 Å². The van der Waals surface area contributed by atoms with Gasteiger partial charge in [-0.1, -0.05) is 0 Å². The van der Waals surface area contributed by atoms with Gasteiger partial charge in [0.2, 0.25) is 5.91 Å². The molecule has 92 valence electrons. The van der Waals surface area contributed by atoms with Crippen LogP contribution in [0.15, 0.2) is 0 Å². The number of amides is 1. The van der Waals surface area contributed by atoms with Crippen LogP contribution in [0.4, 0.5) is 0 Å². The first-order chi connectivity index (χ1) is 7.28. The van der Waals surface area contributed by atoms with Crippen molar-refractivity contribution >= 4 is 11.9 Å². The number of carbonyl (C=O) groups excluding carboxylic acids is 1. The molecule has 0 aliphatic carbocycles. The third-order valence-corrected chi connectivity index (χ3v) is 3.19. The monoisotopic (exact) mass is 228 g/mol. The SMILES string of the molecule is CC(C)(CNC(=O)C1(C)CCNC1)C(=O)O. The molecule has 1 aliphatic heterocycles. The van der Waals surface area contributed by atoms with Gasteiger partial charge in [-0.15, -0.1) is 0 Å². The van der Waals surface area contributed by atoms with Crippen molar-refractivity contribution in [3.8, 4) is 0 Å². The Hall–Kier alpha value is -1.10. The summed E-state index contributed by atoms with van der Waals surface area (Å²) in [5, 5.41) is 14.8. The molecule has 0 saturated carbocycles. The molecule has 0 aromatic carbocycles. The molecule has 1 unspecified atom stereocenters. The Morgan fingerprint density at radius 3 is 2.56 bits per heavy atom. The Morgan fingerprint density at radius 2 is 2.12 bits per heavy atom. The number of nitrogens with one attached hydrogen (secondary N) is 2. The summed E-state index contributed by atoms with van der Waals surface area (Å²) >= 11 is 0. The lowest BCUT2D eigenvalue weighted by atomic mass is 9.87. The van der Waals surface area contributed by atoms with E-state index in [0.717, 1.165) is 13.0 Å². The summed E-state index contributed by atoms with van der Waals surface area (Å²) in [6, 6.07) is 0. The zero-order valence-electron chi connectivity index (χ0n) is 10.1. The zero-order chi connectivity index (χ0) is 12.4. The van der Waals surface area contributed by atoms with Crippen LogP contribution in [0.3, 0.4) is 0 Å². The highest BCUT2D eigenvalue weighted by Crippen LogP contribution is 2.25. The highest BCUT2D eigenvalue weighted by atomic mass is 16.4. The van der Waals surface area contributed by atoms with Crippen molar-refractivity contribution in [1.82, 2.24) is 10.6 Å². The van der Waals surface area contributed by atoms with Crippen LogP contribution in [0.25, 0.3) is 0 Å². The van der Waals surface area contributed by atoms with Crippen molar-refractivity contribution < 1.29 is 14.7 Å². The van der Waals surface area contributed by atoms with Crippen LogP contribution in [0, 0.1) is 10.8 Å². The molecule has 1 aliphatic rings. The maximum atomic E-state index is 11.9. The van der Waals surface area contributed by atoms with Crippen molar-refractivity contribution in [3.63, 3.8) is 0 Å². The molecule has 1 amide bonds. The van der Waals surface area contributed by atoms with Gasteiger partial charge in [-0.25, -0.2) is 0 Å². The molecule has 5 heteroatoms. The van der Waals surface area contributed by atoms with E-state index in [4.69, 9.17) is 5.11 Å². The van der Waals surface area contributed by atoms with Crippen LogP contribution < -0.4 is 10.6 Å². The van der Waals surface area contributed by atoms with E-state index in [-0.39, 0.29) is 12.5 Å². The normalized spacial score (nSPS) is 25.4. The molecule has 16 heavy (non-hydrogen) atoms. The van der Waals surface area contributed by atoms with E-state index >= 15 is 0 Å². The lowest BCUT2D eigenvalue weighted by molar-refractivity contribution is -0.147. The van der Waals surface area contributed by atoms with Gasteiger partial charge < -0.3 is 15.7 Å². The summed E-state index contributed by atoms with van der Waals surface area (Å²) in [4.78, 5) is 22.8. The zero-order valence-corrected chi connectivity index (χ0v) is 10.1. The van der Waals surface area contributed by atoms with E-state index in [2.05, 4.69) is 10.6 Å². The van der Waals surface area contributed by atoms with E-state index in [1.165, 1.54) is 0 Å². The molecule has 1 atom stereocenters. The second-order valence-electron chi connectivity index (χ2n) is 5.36. The quantitative estimate of drug-likeness (QED) is 0.643. The minimum absolute atomic E-state index is 0.0631. The van der Waals surface area contributed by atoms with Gasteiger partial charge >= 0.3 is 5.97 Å². The third kappa shape index (κ3) is 2.72. The predicted octanol–water partition coefficient (Wildman–Crippen LogP) is 0.213. The summed E-state index contributed by atoms with van der Waals surface area (Å²) in [5.41, 5.74) is -1.31. The maximum absolute atomic E-state index is 11.9. The number of carboxylic acids is 1. The minimum Gasteiger partial charge on any atom is -0.481 e. The molecule has 0 aromatic heterocycles. The molecule has 1 rings (SSSR count). The lowest BCUT2D eigenvalue weighted by Crippen LogP contribution is -2.45. The van der Waals surface area contributed by atoms with E-state index in [1.54, 1.807) is 13.8 Å². The molecule has 0 spiro atoms. The van der Waals surface area contributed by atoms with Crippen LogP contribution in [0.2, 0.25) is 0 Å². The third-order valence-electron chi connectivity index (χ3n) is 3.19. The largest absolute Gasteiger partial charge is 0.481 e. The number of carboxylic acid groups (broad SMARTS) is 1. The van der Waals surface area contributed by atoms with Crippen LogP contribution in [0.5, 0.6) is 0 Å². The molecule has 3 N–H and O–H groups in total. The summed E-state index contributed by atoms with van der Waals surface area (Å²) in [7, 11) is 0. The number of carbonyl (C=O) groups is 2. The van der Waals surface area contributed by atoms with Crippen LogP contribution in [0.1, 0.15) is 27.2 Å². The fourth-order valence-corrected chi connectivity index (χ4v) is 1.60. The van der Waals surface area contributed by atoms with Crippen LogP contribution in [-0.2, 0) is 9.59 Å². The standard InChI is InChI=1S/C11H20N2O3/c1-10(2,9(15)16)6-13-8(14)11(3)4-5-12-7-11/h12H,4-7H2,1-3H3,(H,13,14)(H,15,16). The van der Waals surface area contributed by atoms with Crippen LogP contribution >= 0.6 is 0 Å². The second kappa shape index (κ2) is 4.41. The number of aliphatic carboxylic acids is 1. The Morgan fingerprint density at radius 1 is 1.50 bits per heavy atom. The molecular weight excluding hydrogens is 208 g/mol.